The number of ether oxygens (including phenoxy) is 2. The molecule has 0 unspecified atom stereocenters. The first-order valence-corrected chi connectivity index (χ1v) is 13.9. The molecule has 226 valence electrons. The number of carbonyl (C=O) groups excluding carboxylic acids is 2. The number of H-pyrrole nitrogens is 1. The summed E-state index contributed by atoms with van der Waals surface area (Å²) >= 11 is 0. The van der Waals surface area contributed by atoms with Crippen LogP contribution in [0.25, 0.3) is 33.4 Å². The maximum atomic E-state index is 11.9. The van der Waals surface area contributed by atoms with Crippen molar-refractivity contribution >= 4 is 45.3 Å². The Bertz CT molecular complexity index is 1700. The molecule has 6 rings (SSSR count). The molecule has 1 N–H and O–H groups in total. The van der Waals surface area contributed by atoms with E-state index in [4.69, 9.17) is 9.47 Å². The quantitative estimate of drug-likeness (QED) is 0.258. The number of nitrogens with zero attached hydrogens (tertiary/aromatic N) is 7. The zero-order chi connectivity index (χ0) is 31.0. The molecule has 0 fully saturated rings. The molecular formula is C31H38N8O4. The van der Waals surface area contributed by atoms with Crippen molar-refractivity contribution in [2.24, 2.45) is 0 Å². The SMILES string of the molecule is CCOC(=O)C(C)(C)n1cnc2cccnc21.CCOC(=O)C(C)(C)n1cnc2ncccc21.[HH].c1ccc2[nH]cnc2c1. The molecule has 0 atom stereocenters. The molecule has 12 nitrogen and oxygen atoms in total. The van der Waals surface area contributed by atoms with Gasteiger partial charge in [-0.05, 0) is 77.9 Å². The highest BCUT2D eigenvalue weighted by atomic mass is 16.5. The molecule has 0 saturated heterocycles. The van der Waals surface area contributed by atoms with Crippen LogP contribution >= 0.6 is 0 Å². The molecular weight excluding hydrogens is 548 g/mol. The Morgan fingerprint density at radius 1 is 0.744 bits per heavy atom. The second-order valence-corrected chi connectivity index (χ2v) is 10.4. The van der Waals surface area contributed by atoms with Gasteiger partial charge in [0.25, 0.3) is 0 Å². The van der Waals surface area contributed by atoms with Crippen LogP contribution in [0, 0.1) is 0 Å². The van der Waals surface area contributed by atoms with E-state index in [1.165, 1.54) is 0 Å². The Morgan fingerprint density at radius 3 is 2.05 bits per heavy atom. The minimum absolute atomic E-state index is 0. The van der Waals surface area contributed by atoms with E-state index in [2.05, 4.69) is 29.9 Å². The van der Waals surface area contributed by atoms with E-state index in [9.17, 15) is 9.59 Å². The van der Waals surface area contributed by atoms with Gasteiger partial charge in [-0.3, -0.25) is 4.57 Å². The van der Waals surface area contributed by atoms with Crippen molar-refractivity contribution in [2.75, 3.05) is 13.2 Å². The van der Waals surface area contributed by atoms with Gasteiger partial charge in [-0.15, -0.1) is 0 Å². The number of esters is 2. The first-order chi connectivity index (χ1) is 20.6. The van der Waals surface area contributed by atoms with E-state index in [0.717, 1.165) is 22.1 Å². The molecule has 0 aliphatic carbocycles. The molecule has 0 bridgehead atoms. The monoisotopic (exact) mass is 586 g/mol. The Labute approximate surface area is 250 Å². The molecule has 0 aliphatic rings. The minimum atomic E-state index is -0.806. The van der Waals surface area contributed by atoms with Crippen molar-refractivity contribution in [3.05, 3.63) is 79.9 Å². The van der Waals surface area contributed by atoms with Crippen LogP contribution in [0.15, 0.2) is 79.9 Å². The smallest absolute Gasteiger partial charge is 0.331 e. The van der Waals surface area contributed by atoms with Crippen LogP contribution in [-0.4, -0.2) is 64.2 Å². The van der Waals surface area contributed by atoms with Crippen LogP contribution in [0.1, 0.15) is 43.0 Å². The third-order valence-corrected chi connectivity index (χ3v) is 6.71. The van der Waals surface area contributed by atoms with E-state index in [-0.39, 0.29) is 13.4 Å². The maximum Gasteiger partial charge on any atom is 0.331 e. The number of pyridine rings is 2. The summed E-state index contributed by atoms with van der Waals surface area (Å²) in [6.45, 7) is 11.5. The summed E-state index contributed by atoms with van der Waals surface area (Å²) in [7, 11) is 0. The molecule has 0 saturated carbocycles. The molecule has 12 heteroatoms. The number of benzene rings is 1. The Kier molecular flexibility index (Phi) is 9.49. The fourth-order valence-electron chi connectivity index (χ4n) is 4.25. The van der Waals surface area contributed by atoms with E-state index in [1.807, 2.05) is 48.5 Å². The summed E-state index contributed by atoms with van der Waals surface area (Å²) in [5.74, 6) is -0.562. The molecule has 5 heterocycles. The third kappa shape index (κ3) is 6.69. The zero-order valence-electron chi connectivity index (χ0n) is 25.2. The Morgan fingerprint density at radius 2 is 1.35 bits per heavy atom. The summed E-state index contributed by atoms with van der Waals surface area (Å²) in [6.07, 6.45) is 8.30. The van der Waals surface area contributed by atoms with Crippen LogP contribution in [-0.2, 0) is 30.1 Å². The topological polar surface area (TPSA) is 143 Å². The number of nitrogens with one attached hydrogen (secondary N) is 1. The zero-order valence-corrected chi connectivity index (χ0v) is 25.2. The lowest BCUT2D eigenvalue weighted by atomic mass is 10.1. The number of aromatic nitrogens is 8. The number of aromatic amines is 1. The van der Waals surface area contributed by atoms with Crippen molar-refractivity contribution in [2.45, 2.75) is 52.6 Å². The molecule has 5 aromatic heterocycles. The number of imidazole rings is 3. The summed E-state index contributed by atoms with van der Waals surface area (Å²) in [6, 6.07) is 15.3. The number of fused-ring (bicyclic) bond motifs is 3. The second-order valence-electron chi connectivity index (χ2n) is 10.4. The Hall–Kier alpha value is -5.13. The fraction of sp³-hybridized carbons (Fsp3) is 0.323. The molecule has 0 amide bonds. The van der Waals surface area contributed by atoms with Crippen LogP contribution in [0.3, 0.4) is 0 Å². The highest BCUT2D eigenvalue weighted by Gasteiger charge is 2.33. The van der Waals surface area contributed by atoms with Crippen molar-refractivity contribution in [3.63, 3.8) is 0 Å². The average Bonchev–Trinajstić information content (AvgIpc) is 3.76. The number of para-hydroxylation sites is 2. The van der Waals surface area contributed by atoms with E-state index in [1.54, 1.807) is 82.1 Å². The van der Waals surface area contributed by atoms with E-state index >= 15 is 0 Å². The first-order valence-electron chi connectivity index (χ1n) is 13.9. The maximum absolute atomic E-state index is 11.9. The summed E-state index contributed by atoms with van der Waals surface area (Å²) in [5, 5.41) is 0. The highest BCUT2D eigenvalue weighted by Crippen LogP contribution is 2.23. The molecule has 0 aliphatic heterocycles. The van der Waals surface area contributed by atoms with Gasteiger partial charge in [-0.2, -0.15) is 0 Å². The highest BCUT2D eigenvalue weighted by molar-refractivity contribution is 5.82. The lowest BCUT2D eigenvalue weighted by molar-refractivity contribution is -0.152. The first kappa shape index (κ1) is 30.8. The van der Waals surface area contributed by atoms with Crippen LogP contribution in [0.4, 0.5) is 0 Å². The van der Waals surface area contributed by atoms with Crippen molar-refractivity contribution in [3.8, 4) is 0 Å². The van der Waals surface area contributed by atoms with E-state index in [0.29, 0.717) is 24.5 Å². The lowest BCUT2D eigenvalue weighted by Gasteiger charge is -2.24. The Balaban J connectivity index is 0.000000186. The second kappa shape index (κ2) is 13.2. The van der Waals surface area contributed by atoms with Crippen LogP contribution < -0.4 is 0 Å². The fourth-order valence-corrected chi connectivity index (χ4v) is 4.25. The van der Waals surface area contributed by atoms with Gasteiger partial charge in [0.05, 0.1) is 48.7 Å². The van der Waals surface area contributed by atoms with Crippen molar-refractivity contribution in [1.82, 2.24) is 39.0 Å². The number of rotatable bonds is 6. The predicted molar refractivity (Wildman–Crippen MR) is 165 cm³/mol. The molecule has 0 spiro atoms. The van der Waals surface area contributed by atoms with Crippen LogP contribution in [0.2, 0.25) is 0 Å². The van der Waals surface area contributed by atoms with Crippen molar-refractivity contribution < 1.29 is 20.5 Å². The molecule has 1 aromatic carbocycles. The molecule has 43 heavy (non-hydrogen) atoms. The minimum Gasteiger partial charge on any atom is -0.464 e. The summed E-state index contributed by atoms with van der Waals surface area (Å²) in [4.78, 5) is 47.7. The number of hydrogen-bond acceptors (Lipinski definition) is 9. The standard InChI is InChI=1S/2C12H15N3O2.C7H6N2.H2/c1-4-17-11(16)12(2,3)15-8-14-10-9(15)6-5-7-13-10;1-4-17-11(16)12(2,3)15-8-14-9-6-5-7-13-10(9)15;1-2-4-7-6(3-1)8-5-9-7;/h2*5-8H,4H2,1-3H3;1-5H,(H,8,9);1H. The van der Waals surface area contributed by atoms with Gasteiger partial charge in [0, 0.05) is 13.8 Å². The third-order valence-electron chi connectivity index (χ3n) is 6.71. The van der Waals surface area contributed by atoms with Gasteiger partial charge in [0.2, 0.25) is 0 Å². The van der Waals surface area contributed by atoms with Gasteiger partial charge in [0.1, 0.15) is 16.6 Å². The van der Waals surface area contributed by atoms with Gasteiger partial charge >= 0.3 is 11.9 Å². The van der Waals surface area contributed by atoms with Gasteiger partial charge in [-0.25, -0.2) is 34.5 Å². The van der Waals surface area contributed by atoms with Gasteiger partial charge in [-0.1, -0.05) is 12.1 Å². The van der Waals surface area contributed by atoms with E-state index < -0.39 is 11.1 Å². The summed E-state index contributed by atoms with van der Waals surface area (Å²) < 4.78 is 13.7. The summed E-state index contributed by atoms with van der Waals surface area (Å²) in [5.41, 5.74) is 3.44. The number of hydrogen-bond donors (Lipinski definition) is 1. The largest absolute Gasteiger partial charge is 0.464 e. The van der Waals surface area contributed by atoms with Gasteiger partial charge in [0.15, 0.2) is 11.3 Å². The molecule has 0 radical (unpaired) electrons. The normalized spacial score (nSPS) is 11.4. The molecule has 6 aromatic rings. The average molecular weight is 587 g/mol. The van der Waals surface area contributed by atoms with Gasteiger partial charge < -0.3 is 19.0 Å². The lowest BCUT2D eigenvalue weighted by Crippen LogP contribution is -2.37. The predicted octanol–water partition coefficient (Wildman–Crippen LogP) is 5.27. The van der Waals surface area contributed by atoms with Crippen molar-refractivity contribution in [1.29, 1.82) is 0 Å². The number of carbonyl (C=O) groups is 2. The van der Waals surface area contributed by atoms with Crippen LogP contribution in [0.5, 0.6) is 0 Å².